The summed E-state index contributed by atoms with van der Waals surface area (Å²) in [4.78, 5) is 39.9. The van der Waals surface area contributed by atoms with Crippen molar-refractivity contribution in [2.24, 2.45) is 0 Å². The minimum atomic E-state index is -0.321. The Morgan fingerprint density at radius 2 is 1.52 bits per heavy atom. The minimum Gasteiger partial charge on any atom is -0.332 e. The Kier molecular flexibility index (Phi) is 7.28. The molecule has 0 unspecified atom stereocenters. The Morgan fingerprint density at radius 1 is 0.903 bits per heavy atom. The van der Waals surface area contributed by atoms with E-state index in [4.69, 9.17) is 0 Å². The smallest absolute Gasteiger partial charge is 0.332 e. The Balaban J connectivity index is 1.69. The number of hydrogen-bond donors (Lipinski definition) is 1. The van der Waals surface area contributed by atoms with Gasteiger partial charge in [-0.15, -0.1) is 0 Å². The van der Waals surface area contributed by atoms with E-state index < -0.39 is 0 Å². The van der Waals surface area contributed by atoms with Gasteiger partial charge in [0.1, 0.15) is 6.54 Å². The van der Waals surface area contributed by atoms with E-state index in [1.54, 1.807) is 31.3 Å². The van der Waals surface area contributed by atoms with E-state index in [1.807, 2.05) is 24.3 Å². The number of carbonyl (C=O) groups excluding carboxylic acids is 3. The zero-order valence-electron chi connectivity index (χ0n) is 18.4. The number of nitrogens with one attached hydrogen (secondary N) is 1. The quantitative estimate of drug-likeness (QED) is 0.774. The highest BCUT2D eigenvalue weighted by Gasteiger charge is 2.32. The maximum Gasteiger partial charge on any atom is 0.340 e. The van der Waals surface area contributed by atoms with Crippen LogP contribution in [0.25, 0.3) is 0 Å². The summed E-state index contributed by atoms with van der Waals surface area (Å²) in [5.41, 5.74) is 3.49. The lowest BCUT2D eigenvalue weighted by molar-refractivity contribution is -0.140. The summed E-state index contributed by atoms with van der Waals surface area (Å²) in [5.74, 6) is -0.507. The molecule has 4 amide bonds. The first-order valence-corrected chi connectivity index (χ1v) is 10.8. The number of likely N-dealkylation sites (N-methyl/N-ethyl adjacent to an activating group) is 1. The van der Waals surface area contributed by atoms with Crippen molar-refractivity contribution >= 4 is 23.5 Å². The third-order valence-corrected chi connectivity index (χ3v) is 5.52. The predicted octanol–water partition coefficient (Wildman–Crippen LogP) is 3.56. The molecule has 7 nitrogen and oxygen atoms in total. The van der Waals surface area contributed by atoms with E-state index in [-0.39, 0.29) is 24.4 Å². The van der Waals surface area contributed by atoms with Crippen LogP contribution in [-0.4, -0.2) is 59.4 Å². The van der Waals surface area contributed by atoms with Gasteiger partial charge in [0.05, 0.1) is 0 Å². The average Bonchev–Trinajstić information content (AvgIpc) is 3.29. The molecule has 1 N–H and O–H groups in total. The first-order valence-electron chi connectivity index (χ1n) is 10.8. The first kappa shape index (κ1) is 22.3. The van der Waals surface area contributed by atoms with Crippen molar-refractivity contribution in [2.45, 2.75) is 33.1 Å². The molecule has 1 heterocycles. The van der Waals surface area contributed by atoms with Gasteiger partial charge in [-0.1, -0.05) is 50.2 Å². The summed E-state index contributed by atoms with van der Waals surface area (Å²) in [6, 6.07) is 14.5. The number of anilines is 1. The highest BCUT2D eigenvalue weighted by Crippen LogP contribution is 2.24. The molecule has 0 spiro atoms. The number of carbonyl (C=O) groups is 3. The lowest BCUT2D eigenvalue weighted by atomic mass is 10.0. The van der Waals surface area contributed by atoms with Crippen LogP contribution in [0.5, 0.6) is 0 Å². The van der Waals surface area contributed by atoms with Crippen molar-refractivity contribution in [3.05, 3.63) is 65.2 Å². The second kappa shape index (κ2) is 10.1. The van der Waals surface area contributed by atoms with Crippen molar-refractivity contribution in [1.82, 2.24) is 14.9 Å². The topological polar surface area (TPSA) is 73.0 Å². The van der Waals surface area contributed by atoms with E-state index >= 15 is 0 Å². The third kappa shape index (κ3) is 5.05. The fraction of sp³-hybridized carbons (Fsp3) is 0.375. The van der Waals surface area contributed by atoms with Crippen LogP contribution in [0.3, 0.4) is 0 Å². The molecule has 1 saturated heterocycles. The molecule has 0 radical (unpaired) electrons. The van der Waals surface area contributed by atoms with Crippen molar-refractivity contribution in [1.29, 1.82) is 0 Å². The van der Waals surface area contributed by atoms with Crippen molar-refractivity contribution in [2.75, 3.05) is 32.0 Å². The Morgan fingerprint density at radius 3 is 2.13 bits per heavy atom. The number of hydrazine groups is 1. The fourth-order valence-corrected chi connectivity index (χ4v) is 3.81. The average molecular weight is 423 g/mol. The van der Waals surface area contributed by atoms with E-state index in [2.05, 4.69) is 19.2 Å². The number of benzene rings is 2. The Bertz CT molecular complexity index is 923. The first-order chi connectivity index (χ1) is 15.0. The number of hydrogen-bond acceptors (Lipinski definition) is 3. The van der Waals surface area contributed by atoms with Gasteiger partial charge in [-0.3, -0.25) is 9.59 Å². The second-order valence-electron chi connectivity index (χ2n) is 7.61. The summed E-state index contributed by atoms with van der Waals surface area (Å²) in [6.45, 7) is 4.92. The molecular formula is C24H30N4O3. The van der Waals surface area contributed by atoms with E-state index in [1.165, 1.54) is 14.9 Å². The maximum atomic E-state index is 13.0. The fourth-order valence-electron chi connectivity index (χ4n) is 3.81. The van der Waals surface area contributed by atoms with Crippen molar-refractivity contribution in [3.8, 4) is 0 Å². The molecule has 2 aromatic rings. The van der Waals surface area contributed by atoms with Crippen LogP contribution >= 0.6 is 0 Å². The third-order valence-electron chi connectivity index (χ3n) is 5.52. The number of para-hydroxylation sites is 1. The lowest BCUT2D eigenvalue weighted by Gasteiger charge is -2.30. The molecule has 2 aromatic carbocycles. The number of urea groups is 1. The van der Waals surface area contributed by atoms with Gasteiger partial charge in [-0.05, 0) is 42.5 Å². The van der Waals surface area contributed by atoms with E-state index in [0.29, 0.717) is 25.1 Å². The van der Waals surface area contributed by atoms with Crippen LogP contribution in [-0.2, 0) is 17.6 Å². The minimum absolute atomic E-state index is 0.0940. The van der Waals surface area contributed by atoms with Crippen LogP contribution in [0.15, 0.2) is 48.5 Å². The number of rotatable bonds is 6. The van der Waals surface area contributed by atoms with Crippen molar-refractivity contribution in [3.63, 3.8) is 0 Å². The van der Waals surface area contributed by atoms with E-state index in [9.17, 15) is 14.4 Å². The van der Waals surface area contributed by atoms with Gasteiger partial charge in [0, 0.05) is 31.4 Å². The largest absolute Gasteiger partial charge is 0.340 e. The zero-order chi connectivity index (χ0) is 22.4. The summed E-state index contributed by atoms with van der Waals surface area (Å²) in [7, 11) is 1.60. The molecule has 1 aliphatic rings. The van der Waals surface area contributed by atoms with Gasteiger partial charge in [-0.25, -0.2) is 14.8 Å². The molecule has 31 heavy (non-hydrogen) atoms. The normalized spacial score (nSPS) is 13.3. The molecule has 0 aliphatic carbocycles. The monoisotopic (exact) mass is 422 g/mol. The Labute approximate surface area is 183 Å². The molecular weight excluding hydrogens is 392 g/mol. The summed E-state index contributed by atoms with van der Waals surface area (Å²) < 4.78 is 0. The highest BCUT2D eigenvalue weighted by atomic mass is 16.2. The maximum absolute atomic E-state index is 13.0. The van der Waals surface area contributed by atoms with Crippen molar-refractivity contribution < 1.29 is 14.4 Å². The molecule has 0 atom stereocenters. The van der Waals surface area contributed by atoms with Gasteiger partial charge in [0.2, 0.25) is 0 Å². The van der Waals surface area contributed by atoms with Crippen LogP contribution in [0, 0.1) is 0 Å². The van der Waals surface area contributed by atoms with E-state index in [0.717, 1.165) is 29.7 Å². The SMILES string of the molecule is CCc1cccc(CC)c1NC(=O)N1CCCN1C(=O)CN(C)C(=O)c1ccccc1. The van der Waals surface area contributed by atoms with Gasteiger partial charge in [0.25, 0.3) is 11.8 Å². The van der Waals surface area contributed by atoms with Gasteiger partial charge >= 0.3 is 6.03 Å². The number of amides is 4. The lowest BCUT2D eigenvalue weighted by Crippen LogP contribution is -2.50. The molecule has 0 aromatic heterocycles. The molecule has 0 saturated carbocycles. The standard InChI is InChI=1S/C24H30N4O3/c1-4-18-13-9-14-19(5-2)22(18)25-24(31)28-16-10-15-27(28)21(29)17-26(3)23(30)20-11-7-6-8-12-20/h6-9,11-14H,4-5,10,15-17H2,1-3H3,(H,25,31). The molecule has 1 fully saturated rings. The number of aryl methyl sites for hydroxylation is 2. The summed E-state index contributed by atoms with van der Waals surface area (Å²) in [5, 5.41) is 5.92. The van der Waals surface area contributed by atoms with Crippen LogP contribution in [0.2, 0.25) is 0 Å². The zero-order valence-corrected chi connectivity index (χ0v) is 18.4. The molecule has 7 heteroatoms. The summed E-state index contributed by atoms with van der Waals surface area (Å²) in [6.07, 6.45) is 2.31. The van der Waals surface area contributed by atoms with Crippen LogP contribution < -0.4 is 5.32 Å². The molecule has 3 rings (SSSR count). The highest BCUT2D eigenvalue weighted by molar-refractivity contribution is 5.97. The van der Waals surface area contributed by atoms with Gasteiger partial charge in [0.15, 0.2) is 0 Å². The number of nitrogens with zero attached hydrogens (tertiary/aromatic N) is 3. The predicted molar refractivity (Wildman–Crippen MR) is 121 cm³/mol. The second-order valence-corrected chi connectivity index (χ2v) is 7.61. The summed E-state index contributed by atoms with van der Waals surface area (Å²) >= 11 is 0. The van der Waals surface area contributed by atoms with Crippen LogP contribution in [0.1, 0.15) is 41.8 Å². The Hall–Kier alpha value is -3.35. The molecule has 164 valence electrons. The molecule has 1 aliphatic heterocycles. The van der Waals surface area contributed by atoms with Crippen LogP contribution in [0.4, 0.5) is 10.5 Å². The van der Waals surface area contributed by atoms with Gasteiger partial charge in [-0.2, -0.15) is 0 Å². The van der Waals surface area contributed by atoms with Gasteiger partial charge < -0.3 is 10.2 Å². The molecule has 0 bridgehead atoms.